The van der Waals surface area contributed by atoms with Crippen LogP contribution in [0.5, 0.6) is 0 Å². The standard InChI is InChI=1S/C22H28N4O3/c1-5-15(2)19(23-20(27)16-10-7-6-8-11-16)22(29)25-24-21(28)17-12-9-13-18(14-17)26(3)4/h6-15,19H,5H2,1-4H3,(H,23,27)(H,24,28)(H,25,29). The number of anilines is 1. The summed E-state index contributed by atoms with van der Waals surface area (Å²) in [5.74, 6) is -1.35. The number of benzene rings is 2. The first kappa shape index (κ1) is 21.9. The normalized spacial score (nSPS) is 12.4. The van der Waals surface area contributed by atoms with Crippen molar-refractivity contribution in [2.45, 2.75) is 26.3 Å². The van der Waals surface area contributed by atoms with E-state index < -0.39 is 17.9 Å². The van der Waals surface area contributed by atoms with Crippen molar-refractivity contribution < 1.29 is 14.4 Å². The topological polar surface area (TPSA) is 90.5 Å². The molecule has 2 rings (SSSR count). The summed E-state index contributed by atoms with van der Waals surface area (Å²) >= 11 is 0. The second-order valence-corrected chi connectivity index (χ2v) is 7.09. The maximum Gasteiger partial charge on any atom is 0.269 e. The third-order valence-corrected chi connectivity index (χ3v) is 4.74. The maximum atomic E-state index is 12.7. The molecule has 3 amide bonds. The molecular formula is C22H28N4O3. The van der Waals surface area contributed by atoms with Crippen molar-refractivity contribution >= 4 is 23.4 Å². The Labute approximate surface area is 171 Å². The summed E-state index contributed by atoms with van der Waals surface area (Å²) in [6.07, 6.45) is 0.686. The number of hydrogen-bond acceptors (Lipinski definition) is 4. The first-order chi connectivity index (χ1) is 13.8. The average molecular weight is 396 g/mol. The summed E-state index contributed by atoms with van der Waals surface area (Å²) in [5, 5.41) is 2.76. The fraction of sp³-hybridized carbons (Fsp3) is 0.318. The monoisotopic (exact) mass is 396 g/mol. The predicted molar refractivity (Wildman–Crippen MR) is 114 cm³/mol. The van der Waals surface area contributed by atoms with Gasteiger partial charge in [0.05, 0.1) is 0 Å². The van der Waals surface area contributed by atoms with Crippen molar-refractivity contribution in [3.05, 3.63) is 65.7 Å². The Morgan fingerprint density at radius 3 is 2.17 bits per heavy atom. The highest BCUT2D eigenvalue weighted by Gasteiger charge is 2.26. The van der Waals surface area contributed by atoms with Gasteiger partial charge in [0.2, 0.25) is 0 Å². The van der Waals surface area contributed by atoms with Gasteiger partial charge in [0, 0.05) is 30.9 Å². The lowest BCUT2D eigenvalue weighted by Gasteiger charge is -2.23. The number of hydrazine groups is 1. The second-order valence-electron chi connectivity index (χ2n) is 7.09. The van der Waals surface area contributed by atoms with Crippen LogP contribution in [0.1, 0.15) is 41.0 Å². The quantitative estimate of drug-likeness (QED) is 0.627. The molecule has 0 aromatic heterocycles. The van der Waals surface area contributed by atoms with Crippen LogP contribution in [-0.2, 0) is 4.79 Å². The highest BCUT2D eigenvalue weighted by atomic mass is 16.2. The van der Waals surface area contributed by atoms with Gasteiger partial charge in [-0.25, -0.2) is 0 Å². The lowest BCUT2D eigenvalue weighted by atomic mass is 9.98. The Hall–Kier alpha value is -3.35. The molecule has 2 aromatic carbocycles. The average Bonchev–Trinajstić information content (AvgIpc) is 2.75. The van der Waals surface area contributed by atoms with Gasteiger partial charge >= 0.3 is 0 Å². The van der Waals surface area contributed by atoms with Gasteiger partial charge < -0.3 is 10.2 Å². The first-order valence-corrected chi connectivity index (χ1v) is 9.57. The number of carbonyl (C=O) groups excluding carboxylic acids is 3. The largest absolute Gasteiger partial charge is 0.378 e. The number of amides is 3. The van der Waals surface area contributed by atoms with E-state index in [1.807, 2.05) is 45.0 Å². The van der Waals surface area contributed by atoms with Crippen molar-refractivity contribution in [2.75, 3.05) is 19.0 Å². The third kappa shape index (κ3) is 6.07. The molecule has 7 heteroatoms. The molecule has 2 unspecified atom stereocenters. The van der Waals surface area contributed by atoms with Gasteiger partial charge in [-0.05, 0) is 36.2 Å². The smallest absolute Gasteiger partial charge is 0.269 e. The van der Waals surface area contributed by atoms with Gasteiger partial charge in [-0.15, -0.1) is 0 Å². The highest BCUT2D eigenvalue weighted by Crippen LogP contribution is 2.13. The molecule has 7 nitrogen and oxygen atoms in total. The molecule has 0 spiro atoms. The fourth-order valence-corrected chi connectivity index (χ4v) is 2.71. The van der Waals surface area contributed by atoms with E-state index in [1.165, 1.54) is 0 Å². The Kier molecular flexibility index (Phi) is 7.77. The van der Waals surface area contributed by atoms with Crippen LogP contribution in [0.3, 0.4) is 0 Å². The van der Waals surface area contributed by atoms with Gasteiger partial charge in [0.25, 0.3) is 17.7 Å². The van der Waals surface area contributed by atoms with E-state index in [4.69, 9.17) is 0 Å². The molecule has 0 saturated heterocycles. The van der Waals surface area contributed by atoms with Gasteiger partial charge in [-0.3, -0.25) is 25.2 Å². The molecule has 0 aliphatic rings. The van der Waals surface area contributed by atoms with E-state index in [2.05, 4.69) is 16.2 Å². The van der Waals surface area contributed by atoms with Gasteiger partial charge in [-0.1, -0.05) is 44.5 Å². The van der Waals surface area contributed by atoms with Crippen LogP contribution in [0.4, 0.5) is 5.69 Å². The maximum absolute atomic E-state index is 12.7. The summed E-state index contributed by atoms with van der Waals surface area (Å²) < 4.78 is 0. The molecule has 3 N–H and O–H groups in total. The molecule has 2 aromatic rings. The van der Waals surface area contributed by atoms with Crippen LogP contribution in [-0.4, -0.2) is 37.9 Å². The van der Waals surface area contributed by atoms with E-state index in [9.17, 15) is 14.4 Å². The summed E-state index contributed by atoms with van der Waals surface area (Å²) in [4.78, 5) is 39.4. The summed E-state index contributed by atoms with van der Waals surface area (Å²) in [6.45, 7) is 3.81. The number of carbonyl (C=O) groups is 3. The van der Waals surface area contributed by atoms with Gasteiger partial charge in [-0.2, -0.15) is 0 Å². The summed E-state index contributed by atoms with van der Waals surface area (Å²) in [7, 11) is 3.76. The van der Waals surface area contributed by atoms with Crippen molar-refractivity contribution in [2.24, 2.45) is 5.92 Å². The molecule has 29 heavy (non-hydrogen) atoms. The number of nitrogens with one attached hydrogen (secondary N) is 3. The molecule has 0 bridgehead atoms. The minimum absolute atomic E-state index is 0.114. The van der Waals surface area contributed by atoms with Crippen LogP contribution < -0.4 is 21.1 Å². The Morgan fingerprint density at radius 1 is 0.897 bits per heavy atom. The van der Waals surface area contributed by atoms with Crippen LogP contribution in [0.25, 0.3) is 0 Å². The predicted octanol–water partition coefficient (Wildman–Crippen LogP) is 2.36. The lowest BCUT2D eigenvalue weighted by Crippen LogP contribution is -2.54. The fourth-order valence-electron chi connectivity index (χ4n) is 2.71. The minimum Gasteiger partial charge on any atom is -0.378 e. The Morgan fingerprint density at radius 2 is 1.55 bits per heavy atom. The zero-order valence-corrected chi connectivity index (χ0v) is 17.2. The molecule has 0 aliphatic heterocycles. The van der Waals surface area contributed by atoms with Crippen LogP contribution in [0.2, 0.25) is 0 Å². The highest BCUT2D eigenvalue weighted by molar-refractivity contribution is 5.99. The minimum atomic E-state index is -0.777. The SMILES string of the molecule is CCC(C)C(NC(=O)c1ccccc1)C(=O)NNC(=O)c1cccc(N(C)C)c1. The van der Waals surface area contributed by atoms with Gasteiger partial charge in [0.15, 0.2) is 0 Å². The van der Waals surface area contributed by atoms with Crippen LogP contribution >= 0.6 is 0 Å². The van der Waals surface area contributed by atoms with Crippen molar-refractivity contribution in [1.82, 2.24) is 16.2 Å². The zero-order valence-electron chi connectivity index (χ0n) is 17.2. The number of hydrogen-bond donors (Lipinski definition) is 3. The van der Waals surface area contributed by atoms with Gasteiger partial charge in [0.1, 0.15) is 6.04 Å². The molecule has 2 atom stereocenters. The molecule has 0 fully saturated rings. The Balaban J connectivity index is 2.03. The van der Waals surface area contributed by atoms with E-state index in [0.717, 1.165) is 5.69 Å². The third-order valence-electron chi connectivity index (χ3n) is 4.74. The van der Waals surface area contributed by atoms with E-state index in [0.29, 0.717) is 17.5 Å². The molecule has 154 valence electrons. The van der Waals surface area contributed by atoms with E-state index in [-0.39, 0.29) is 11.8 Å². The summed E-state index contributed by atoms with van der Waals surface area (Å²) in [6, 6.07) is 15.0. The van der Waals surface area contributed by atoms with Crippen molar-refractivity contribution in [3.8, 4) is 0 Å². The zero-order chi connectivity index (χ0) is 21.4. The molecule has 0 radical (unpaired) electrons. The van der Waals surface area contributed by atoms with Crippen molar-refractivity contribution in [1.29, 1.82) is 0 Å². The molecule has 0 saturated carbocycles. The van der Waals surface area contributed by atoms with Crippen LogP contribution in [0, 0.1) is 5.92 Å². The number of rotatable bonds is 7. The lowest BCUT2D eigenvalue weighted by molar-refractivity contribution is -0.124. The molecule has 0 heterocycles. The van der Waals surface area contributed by atoms with E-state index >= 15 is 0 Å². The van der Waals surface area contributed by atoms with Crippen molar-refractivity contribution in [3.63, 3.8) is 0 Å². The molecular weight excluding hydrogens is 368 g/mol. The Bertz CT molecular complexity index is 852. The number of nitrogens with zero attached hydrogens (tertiary/aromatic N) is 1. The van der Waals surface area contributed by atoms with Crippen LogP contribution in [0.15, 0.2) is 54.6 Å². The summed E-state index contributed by atoms with van der Waals surface area (Å²) in [5.41, 5.74) is 6.63. The van der Waals surface area contributed by atoms with E-state index in [1.54, 1.807) is 42.5 Å². The molecule has 0 aliphatic carbocycles. The second kappa shape index (κ2) is 10.3. The first-order valence-electron chi connectivity index (χ1n) is 9.57.